The van der Waals surface area contributed by atoms with Crippen molar-refractivity contribution in [3.8, 4) is 0 Å². The molecule has 0 aromatic heterocycles. The van der Waals surface area contributed by atoms with E-state index in [9.17, 15) is 0 Å². The summed E-state index contributed by atoms with van der Waals surface area (Å²) in [4.78, 5) is 0. The third kappa shape index (κ3) is 5.67. The molecule has 0 rings (SSSR count). The molecule has 0 aromatic carbocycles. The molecule has 0 heterocycles. The Bertz CT molecular complexity index is 183. The van der Waals surface area contributed by atoms with Crippen LogP contribution in [0.3, 0.4) is 0 Å². The first-order chi connectivity index (χ1) is 9.07. The van der Waals surface area contributed by atoms with Crippen molar-refractivity contribution >= 4 is 0 Å². The summed E-state index contributed by atoms with van der Waals surface area (Å²) < 4.78 is 5.00. The highest BCUT2D eigenvalue weighted by Gasteiger charge is 2.28. The first kappa shape index (κ1) is 18.7. The van der Waals surface area contributed by atoms with Crippen LogP contribution in [0.2, 0.25) is 0 Å². The Morgan fingerprint density at radius 3 is 1.63 bits per heavy atom. The van der Waals surface area contributed by atoms with Gasteiger partial charge in [-0.05, 0) is 19.5 Å². The molecule has 0 atom stereocenters. The van der Waals surface area contributed by atoms with Gasteiger partial charge in [0, 0.05) is 7.11 Å². The van der Waals surface area contributed by atoms with Crippen LogP contribution < -0.4 is 10.6 Å². The van der Waals surface area contributed by atoms with E-state index in [4.69, 9.17) is 30.3 Å². The van der Waals surface area contributed by atoms with Crippen LogP contribution in [0, 0.1) is 0 Å². The third-order valence-electron chi connectivity index (χ3n) is 3.11. The lowest BCUT2D eigenvalue weighted by molar-refractivity contribution is -0.107. The summed E-state index contributed by atoms with van der Waals surface area (Å²) in [5.74, 6) is 0. The SMILES string of the molecule is COC(CO)(CO)NCCCNC(CO)(CO)CO. The smallest absolute Gasteiger partial charge is 0.165 e. The minimum atomic E-state index is -1.16. The Morgan fingerprint density at radius 2 is 1.26 bits per heavy atom. The van der Waals surface area contributed by atoms with Gasteiger partial charge in [-0.1, -0.05) is 0 Å². The van der Waals surface area contributed by atoms with E-state index in [1.807, 2.05) is 0 Å². The lowest BCUT2D eigenvalue weighted by Gasteiger charge is -2.31. The Kier molecular flexibility index (Phi) is 9.40. The molecule has 19 heavy (non-hydrogen) atoms. The second kappa shape index (κ2) is 9.56. The predicted octanol–water partition coefficient (Wildman–Crippen LogP) is -3.40. The number of ether oxygens (including phenoxy) is 1. The van der Waals surface area contributed by atoms with Crippen LogP contribution in [-0.4, -0.2) is 90.0 Å². The van der Waals surface area contributed by atoms with Crippen molar-refractivity contribution in [1.82, 2.24) is 10.6 Å². The molecule has 0 bridgehead atoms. The van der Waals surface area contributed by atoms with Crippen LogP contribution in [0.4, 0.5) is 0 Å². The van der Waals surface area contributed by atoms with Crippen LogP contribution >= 0.6 is 0 Å². The summed E-state index contributed by atoms with van der Waals surface area (Å²) >= 11 is 0. The van der Waals surface area contributed by atoms with E-state index in [2.05, 4.69) is 10.6 Å². The van der Waals surface area contributed by atoms with Crippen LogP contribution in [0.1, 0.15) is 6.42 Å². The molecular formula is C11H26N2O6. The van der Waals surface area contributed by atoms with Gasteiger partial charge in [-0.2, -0.15) is 0 Å². The molecule has 0 fully saturated rings. The fraction of sp³-hybridized carbons (Fsp3) is 1.00. The number of hydrogen-bond donors (Lipinski definition) is 7. The molecule has 0 aromatic rings. The first-order valence-electron chi connectivity index (χ1n) is 6.17. The summed E-state index contributed by atoms with van der Waals surface area (Å²) in [6.07, 6.45) is 0.590. The molecule has 7 N–H and O–H groups in total. The molecule has 0 radical (unpaired) electrons. The minimum absolute atomic E-state index is 0.360. The molecule has 0 spiro atoms. The normalized spacial score (nSPS) is 12.9. The number of aliphatic hydroxyl groups is 5. The topological polar surface area (TPSA) is 134 Å². The Hall–Kier alpha value is -0.320. The van der Waals surface area contributed by atoms with E-state index >= 15 is 0 Å². The van der Waals surface area contributed by atoms with Crippen molar-refractivity contribution in [1.29, 1.82) is 0 Å². The van der Waals surface area contributed by atoms with E-state index in [-0.39, 0.29) is 33.0 Å². The van der Waals surface area contributed by atoms with Gasteiger partial charge < -0.3 is 35.6 Å². The van der Waals surface area contributed by atoms with E-state index in [0.29, 0.717) is 19.5 Å². The zero-order valence-electron chi connectivity index (χ0n) is 11.3. The molecule has 0 aliphatic heterocycles. The summed E-state index contributed by atoms with van der Waals surface area (Å²) in [7, 11) is 1.38. The lowest BCUT2D eigenvalue weighted by Crippen LogP contribution is -2.56. The lowest BCUT2D eigenvalue weighted by atomic mass is 10.0. The minimum Gasteiger partial charge on any atom is -0.394 e. The summed E-state index contributed by atoms with van der Waals surface area (Å²) in [5.41, 5.74) is -2.26. The number of aliphatic hydroxyl groups excluding tert-OH is 5. The first-order valence-corrected chi connectivity index (χ1v) is 6.17. The van der Waals surface area contributed by atoms with Gasteiger partial charge in [0.15, 0.2) is 5.72 Å². The second-order valence-electron chi connectivity index (χ2n) is 4.48. The maximum atomic E-state index is 9.11. The molecule has 8 heteroatoms. The van der Waals surface area contributed by atoms with Crippen molar-refractivity contribution in [2.24, 2.45) is 0 Å². The predicted molar refractivity (Wildman–Crippen MR) is 68.5 cm³/mol. The quantitative estimate of drug-likeness (QED) is 0.145. The summed E-state index contributed by atoms with van der Waals surface area (Å²) in [5, 5.41) is 51.2. The van der Waals surface area contributed by atoms with E-state index in [1.54, 1.807) is 0 Å². The Morgan fingerprint density at radius 1 is 0.789 bits per heavy atom. The van der Waals surface area contributed by atoms with Gasteiger partial charge in [0.1, 0.15) is 0 Å². The summed E-state index contributed by atoms with van der Waals surface area (Å²) in [6.45, 7) is -0.956. The molecule has 0 unspecified atom stereocenters. The highest BCUT2D eigenvalue weighted by molar-refractivity contribution is 4.86. The number of nitrogens with one attached hydrogen (secondary N) is 2. The van der Waals surface area contributed by atoms with Gasteiger partial charge in [0.25, 0.3) is 0 Å². The van der Waals surface area contributed by atoms with Crippen molar-refractivity contribution < 1.29 is 30.3 Å². The van der Waals surface area contributed by atoms with Gasteiger partial charge in [0.2, 0.25) is 0 Å². The highest BCUT2D eigenvalue weighted by Crippen LogP contribution is 2.04. The van der Waals surface area contributed by atoms with Gasteiger partial charge >= 0.3 is 0 Å². The van der Waals surface area contributed by atoms with Gasteiger partial charge in [-0.15, -0.1) is 0 Å². The molecule has 0 saturated heterocycles. The van der Waals surface area contributed by atoms with Crippen molar-refractivity contribution in [2.75, 3.05) is 53.2 Å². The third-order valence-corrected chi connectivity index (χ3v) is 3.11. The van der Waals surface area contributed by atoms with Gasteiger partial charge in [0.05, 0.1) is 38.6 Å². The second-order valence-corrected chi connectivity index (χ2v) is 4.48. The van der Waals surface area contributed by atoms with Crippen LogP contribution in [-0.2, 0) is 4.74 Å². The Balaban J connectivity index is 3.98. The van der Waals surface area contributed by atoms with E-state index in [1.165, 1.54) is 7.11 Å². The largest absolute Gasteiger partial charge is 0.394 e. The molecule has 0 aliphatic rings. The van der Waals surface area contributed by atoms with Crippen molar-refractivity contribution in [2.45, 2.75) is 17.7 Å². The fourth-order valence-corrected chi connectivity index (χ4v) is 1.44. The average molecular weight is 282 g/mol. The maximum Gasteiger partial charge on any atom is 0.165 e. The van der Waals surface area contributed by atoms with Gasteiger partial charge in [-0.25, -0.2) is 0 Å². The molecule has 0 aliphatic carbocycles. The zero-order valence-corrected chi connectivity index (χ0v) is 11.3. The molecule has 0 amide bonds. The molecular weight excluding hydrogens is 256 g/mol. The standard InChI is InChI=1S/C11H26N2O6/c1-19-11(8-17,9-18)13-4-2-3-12-10(5-14,6-15)7-16/h12-18H,2-9H2,1H3. The maximum absolute atomic E-state index is 9.11. The average Bonchev–Trinajstić information content (AvgIpc) is 2.48. The van der Waals surface area contributed by atoms with E-state index in [0.717, 1.165) is 0 Å². The summed E-state index contributed by atoms with van der Waals surface area (Å²) in [6, 6.07) is 0. The highest BCUT2D eigenvalue weighted by atomic mass is 16.5. The molecule has 8 nitrogen and oxygen atoms in total. The van der Waals surface area contributed by atoms with Crippen LogP contribution in [0.15, 0.2) is 0 Å². The van der Waals surface area contributed by atoms with Gasteiger partial charge in [-0.3, -0.25) is 5.32 Å². The number of rotatable bonds is 12. The number of hydrogen-bond acceptors (Lipinski definition) is 8. The van der Waals surface area contributed by atoms with Crippen molar-refractivity contribution in [3.05, 3.63) is 0 Å². The van der Waals surface area contributed by atoms with Crippen molar-refractivity contribution in [3.63, 3.8) is 0 Å². The van der Waals surface area contributed by atoms with Crippen LogP contribution in [0.5, 0.6) is 0 Å². The monoisotopic (exact) mass is 282 g/mol. The molecule has 116 valence electrons. The van der Waals surface area contributed by atoms with Crippen LogP contribution in [0.25, 0.3) is 0 Å². The Labute approximate surface area is 113 Å². The van der Waals surface area contributed by atoms with E-state index < -0.39 is 11.3 Å². The molecule has 0 saturated carbocycles. The number of methoxy groups -OCH3 is 1. The zero-order chi connectivity index (χ0) is 14.8. The fourth-order valence-electron chi connectivity index (χ4n) is 1.44.